The van der Waals surface area contributed by atoms with Crippen molar-refractivity contribution in [2.45, 2.75) is 11.4 Å². The van der Waals surface area contributed by atoms with Gasteiger partial charge in [0.05, 0.1) is 18.7 Å². The quantitative estimate of drug-likeness (QED) is 0.570. The molecule has 0 aliphatic heterocycles. The number of hydrogen-bond acceptors (Lipinski definition) is 5. The Balaban J connectivity index is 2.06. The van der Waals surface area contributed by atoms with Crippen molar-refractivity contribution >= 4 is 27.4 Å². The Hall–Kier alpha value is -2.65. The number of methoxy groups -OCH3 is 1. The van der Waals surface area contributed by atoms with Gasteiger partial charge in [-0.05, 0) is 23.8 Å². The molecule has 6 nitrogen and oxygen atoms in total. The van der Waals surface area contributed by atoms with Crippen LogP contribution >= 0.6 is 11.6 Å². The number of ether oxygens (including phenoxy) is 1. The fourth-order valence-corrected chi connectivity index (χ4v) is 4.04. The summed E-state index contributed by atoms with van der Waals surface area (Å²) >= 11 is 5.64. The van der Waals surface area contributed by atoms with Gasteiger partial charge in [0.2, 0.25) is 0 Å². The summed E-state index contributed by atoms with van der Waals surface area (Å²) in [5, 5.41) is 3.11. The third-order valence-corrected chi connectivity index (χ3v) is 5.76. The average molecular weight is 415 g/mol. The van der Waals surface area contributed by atoms with Crippen molar-refractivity contribution in [2.75, 3.05) is 11.4 Å². The Morgan fingerprint density at radius 2 is 1.85 bits per heavy atom. The molecule has 3 rings (SSSR count). The van der Waals surface area contributed by atoms with Gasteiger partial charge in [-0.1, -0.05) is 28.9 Å². The van der Waals surface area contributed by atoms with Crippen LogP contribution in [0.4, 0.5) is 14.6 Å². The van der Waals surface area contributed by atoms with E-state index in [0.29, 0.717) is 17.4 Å². The standard InChI is InChI=1S/C17H13ClF2N2O4S/c1-25-12-4-2-11(3-5-12)10-22(17-6-7-26-21-17)27(23,24)16-8-13(18)14(19)9-15(16)20/h2-9H,10H2,1H3. The first-order valence-corrected chi connectivity index (χ1v) is 9.35. The molecule has 0 spiro atoms. The van der Waals surface area contributed by atoms with E-state index in [-0.39, 0.29) is 12.4 Å². The molecule has 0 unspecified atom stereocenters. The van der Waals surface area contributed by atoms with E-state index in [1.54, 1.807) is 24.3 Å². The van der Waals surface area contributed by atoms with E-state index < -0.39 is 31.6 Å². The summed E-state index contributed by atoms with van der Waals surface area (Å²) in [6.45, 7) is -0.173. The SMILES string of the molecule is COc1ccc(CN(c2ccon2)S(=O)(=O)c2cc(Cl)c(F)cc2F)cc1. The minimum atomic E-state index is -4.45. The predicted octanol–water partition coefficient (Wildman–Crippen LogP) is 4.01. The van der Waals surface area contributed by atoms with E-state index in [1.807, 2.05) is 0 Å². The molecule has 0 fully saturated rings. The molecular weight excluding hydrogens is 402 g/mol. The van der Waals surface area contributed by atoms with Crippen molar-refractivity contribution in [2.24, 2.45) is 0 Å². The number of benzene rings is 2. The molecular formula is C17H13ClF2N2O4S. The van der Waals surface area contributed by atoms with Crippen LogP contribution in [0.25, 0.3) is 0 Å². The molecule has 0 aliphatic carbocycles. The van der Waals surface area contributed by atoms with Crippen LogP contribution in [0.3, 0.4) is 0 Å². The summed E-state index contributed by atoms with van der Waals surface area (Å²) in [6.07, 6.45) is 1.18. The molecule has 0 atom stereocenters. The van der Waals surface area contributed by atoms with Crippen LogP contribution in [0.15, 0.2) is 58.1 Å². The maximum Gasteiger partial charge on any atom is 0.268 e. The monoisotopic (exact) mass is 414 g/mol. The van der Waals surface area contributed by atoms with Gasteiger partial charge in [0.25, 0.3) is 10.0 Å². The number of halogens is 3. The molecule has 0 radical (unpaired) electrons. The summed E-state index contributed by atoms with van der Waals surface area (Å²) in [4.78, 5) is -0.773. The van der Waals surface area contributed by atoms with Crippen molar-refractivity contribution in [3.8, 4) is 5.75 Å². The number of hydrogen-bond donors (Lipinski definition) is 0. The third kappa shape index (κ3) is 3.88. The first-order valence-electron chi connectivity index (χ1n) is 7.53. The van der Waals surface area contributed by atoms with Crippen LogP contribution in [0.1, 0.15) is 5.56 Å². The highest BCUT2D eigenvalue weighted by molar-refractivity contribution is 7.92. The molecule has 0 amide bonds. The summed E-state index contributed by atoms with van der Waals surface area (Å²) in [6, 6.07) is 9.05. The zero-order chi connectivity index (χ0) is 19.6. The molecule has 0 N–H and O–H groups in total. The lowest BCUT2D eigenvalue weighted by atomic mass is 10.2. The lowest BCUT2D eigenvalue weighted by Gasteiger charge is -2.22. The third-order valence-electron chi connectivity index (χ3n) is 3.71. The molecule has 142 valence electrons. The number of sulfonamides is 1. The number of nitrogens with zero attached hydrogens (tertiary/aromatic N) is 2. The van der Waals surface area contributed by atoms with E-state index >= 15 is 0 Å². The van der Waals surface area contributed by atoms with Gasteiger partial charge in [-0.15, -0.1) is 0 Å². The van der Waals surface area contributed by atoms with E-state index in [9.17, 15) is 17.2 Å². The van der Waals surface area contributed by atoms with Gasteiger partial charge in [0.15, 0.2) is 5.82 Å². The highest BCUT2D eigenvalue weighted by Gasteiger charge is 2.31. The summed E-state index contributed by atoms with van der Waals surface area (Å²) < 4.78 is 64.3. The Morgan fingerprint density at radius 3 is 2.44 bits per heavy atom. The van der Waals surface area contributed by atoms with Crippen LogP contribution in [0, 0.1) is 11.6 Å². The minimum Gasteiger partial charge on any atom is -0.497 e. The van der Waals surface area contributed by atoms with Gasteiger partial charge in [-0.3, -0.25) is 0 Å². The second kappa shape index (κ2) is 7.53. The fraction of sp³-hybridized carbons (Fsp3) is 0.118. The fourth-order valence-electron chi connectivity index (χ4n) is 2.34. The Bertz CT molecular complexity index is 1040. The molecule has 2 aromatic carbocycles. The molecule has 3 aromatic rings. The molecule has 1 heterocycles. The molecule has 10 heteroatoms. The summed E-state index contributed by atoms with van der Waals surface area (Å²) in [5.74, 6) is -1.80. The molecule has 0 bridgehead atoms. The lowest BCUT2D eigenvalue weighted by Crippen LogP contribution is -2.31. The van der Waals surface area contributed by atoms with Crippen LogP contribution < -0.4 is 9.04 Å². The summed E-state index contributed by atoms with van der Waals surface area (Å²) in [7, 11) is -2.95. The van der Waals surface area contributed by atoms with Crippen LogP contribution in [0.2, 0.25) is 5.02 Å². The molecule has 0 saturated carbocycles. The number of aromatic nitrogens is 1. The summed E-state index contributed by atoms with van der Waals surface area (Å²) in [5.41, 5.74) is 0.580. The maximum atomic E-state index is 14.2. The normalized spacial score (nSPS) is 11.4. The van der Waals surface area contributed by atoms with Crippen molar-refractivity contribution in [3.63, 3.8) is 0 Å². The van der Waals surface area contributed by atoms with E-state index in [4.69, 9.17) is 20.9 Å². The van der Waals surface area contributed by atoms with Crippen LogP contribution in [-0.4, -0.2) is 20.7 Å². The lowest BCUT2D eigenvalue weighted by molar-refractivity contribution is 0.414. The Morgan fingerprint density at radius 1 is 1.15 bits per heavy atom. The topological polar surface area (TPSA) is 72.6 Å². The number of anilines is 1. The van der Waals surface area contributed by atoms with Crippen LogP contribution in [0.5, 0.6) is 5.75 Å². The average Bonchev–Trinajstić information content (AvgIpc) is 3.17. The molecule has 27 heavy (non-hydrogen) atoms. The zero-order valence-electron chi connectivity index (χ0n) is 13.9. The van der Waals surface area contributed by atoms with E-state index in [0.717, 1.165) is 10.4 Å². The molecule has 0 aliphatic rings. The predicted molar refractivity (Wildman–Crippen MR) is 94.2 cm³/mol. The first-order chi connectivity index (χ1) is 12.8. The first kappa shape index (κ1) is 19.1. The smallest absolute Gasteiger partial charge is 0.268 e. The van der Waals surface area contributed by atoms with Gasteiger partial charge in [-0.2, -0.15) is 0 Å². The Labute approximate surface area is 159 Å². The highest BCUT2D eigenvalue weighted by Crippen LogP contribution is 2.29. The van der Waals surface area contributed by atoms with Gasteiger partial charge in [0, 0.05) is 12.1 Å². The molecule has 1 aromatic heterocycles. The largest absolute Gasteiger partial charge is 0.497 e. The van der Waals surface area contributed by atoms with Crippen LogP contribution in [-0.2, 0) is 16.6 Å². The van der Waals surface area contributed by atoms with Crippen molar-refractivity contribution in [1.29, 1.82) is 0 Å². The number of rotatable bonds is 6. The second-order valence-corrected chi connectivity index (χ2v) is 7.65. The van der Waals surface area contributed by atoms with E-state index in [1.165, 1.54) is 19.4 Å². The maximum absolute atomic E-state index is 14.2. The zero-order valence-corrected chi connectivity index (χ0v) is 15.5. The highest BCUT2D eigenvalue weighted by atomic mass is 35.5. The van der Waals surface area contributed by atoms with Crippen molar-refractivity contribution in [3.05, 3.63) is 70.9 Å². The van der Waals surface area contributed by atoms with Gasteiger partial charge < -0.3 is 9.26 Å². The Kier molecular flexibility index (Phi) is 5.33. The van der Waals surface area contributed by atoms with Gasteiger partial charge in [0.1, 0.15) is 28.5 Å². The van der Waals surface area contributed by atoms with Gasteiger partial charge in [-0.25, -0.2) is 21.5 Å². The van der Waals surface area contributed by atoms with Crippen molar-refractivity contribution in [1.82, 2.24) is 5.16 Å². The van der Waals surface area contributed by atoms with E-state index in [2.05, 4.69) is 5.16 Å². The van der Waals surface area contributed by atoms with Gasteiger partial charge >= 0.3 is 0 Å². The molecule has 0 saturated heterocycles. The van der Waals surface area contributed by atoms with Crippen molar-refractivity contribution < 1.29 is 26.5 Å². The minimum absolute atomic E-state index is 0.0642. The second-order valence-electron chi connectivity index (χ2n) is 5.41.